The third-order valence-corrected chi connectivity index (χ3v) is 3.53. The van der Waals surface area contributed by atoms with Crippen molar-refractivity contribution < 1.29 is 0 Å². The molecule has 0 aromatic rings. The van der Waals surface area contributed by atoms with Crippen LogP contribution in [-0.4, -0.2) is 49.6 Å². The van der Waals surface area contributed by atoms with Crippen LogP contribution in [0.25, 0.3) is 0 Å². The zero-order chi connectivity index (χ0) is 8.55. The quantitative estimate of drug-likeness (QED) is 0.574. The van der Waals surface area contributed by atoms with E-state index in [0.29, 0.717) is 0 Å². The monoisotopic (exact) mass is 168 g/mol. The highest BCUT2D eigenvalue weighted by Crippen LogP contribution is 2.29. The molecule has 0 aromatic heterocycles. The van der Waals surface area contributed by atoms with E-state index in [9.17, 15) is 0 Å². The van der Waals surface area contributed by atoms with Gasteiger partial charge in [-0.05, 0) is 38.4 Å². The van der Waals surface area contributed by atoms with Crippen LogP contribution in [0.3, 0.4) is 0 Å². The fourth-order valence-electron chi connectivity index (χ4n) is 2.71. The summed E-state index contributed by atoms with van der Waals surface area (Å²) in [5.74, 6) is 1.99. The van der Waals surface area contributed by atoms with E-state index in [2.05, 4.69) is 23.8 Å². The minimum atomic E-state index is 0.976. The van der Waals surface area contributed by atoms with Crippen molar-refractivity contribution in [2.75, 3.05) is 39.8 Å². The van der Waals surface area contributed by atoms with E-state index in [-0.39, 0.29) is 0 Å². The fourth-order valence-corrected chi connectivity index (χ4v) is 2.71. The molecule has 2 saturated heterocycles. The Balaban J connectivity index is 1.93. The lowest BCUT2D eigenvalue weighted by Gasteiger charge is -2.31. The zero-order valence-electron chi connectivity index (χ0n) is 8.29. The maximum atomic E-state index is 2.61. The molecule has 2 fully saturated rings. The predicted molar refractivity (Wildman–Crippen MR) is 51.2 cm³/mol. The summed E-state index contributed by atoms with van der Waals surface area (Å²) in [6, 6.07) is 0. The van der Waals surface area contributed by atoms with Gasteiger partial charge in [0.25, 0.3) is 0 Å². The molecule has 2 nitrogen and oxygen atoms in total. The molecule has 0 bridgehead atoms. The van der Waals surface area contributed by atoms with E-state index < -0.39 is 0 Å². The average Bonchev–Trinajstić information content (AvgIpc) is 2.46. The van der Waals surface area contributed by atoms with Gasteiger partial charge in [-0.25, -0.2) is 0 Å². The molecule has 0 saturated carbocycles. The number of fused-ring (bicyclic) bond motifs is 1. The molecule has 12 heavy (non-hydrogen) atoms. The Morgan fingerprint density at radius 2 is 1.92 bits per heavy atom. The summed E-state index contributed by atoms with van der Waals surface area (Å²) < 4.78 is 0. The van der Waals surface area contributed by atoms with Gasteiger partial charge in [0, 0.05) is 19.6 Å². The molecule has 2 aliphatic heterocycles. The molecular weight excluding hydrogens is 148 g/mol. The lowest BCUT2D eigenvalue weighted by atomic mass is 9.89. The van der Waals surface area contributed by atoms with E-state index in [1.807, 2.05) is 0 Å². The Labute approximate surface area is 75.5 Å². The van der Waals surface area contributed by atoms with Crippen LogP contribution in [0.1, 0.15) is 13.3 Å². The highest BCUT2D eigenvalue weighted by molar-refractivity contribution is 4.88. The van der Waals surface area contributed by atoms with Gasteiger partial charge in [0.2, 0.25) is 0 Å². The van der Waals surface area contributed by atoms with Crippen molar-refractivity contribution in [3.05, 3.63) is 0 Å². The molecule has 2 heteroatoms. The summed E-state index contributed by atoms with van der Waals surface area (Å²) in [6.07, 6.45) is 1.43. The summed E-state index contributed by atoms with van der Waals surface area (Å²) in [4.78, 5) is 5.09. The molecule has 2 heterocycles. The highest BCUT2D eigenvalue weighted by Gasteiger charge is 2.34. The highest BCUT2D eigenvalue weighted by atomic mass is 15.2. The molecule has 0 radical (unpaired) electrons. The fraction of sp³-hybridized carbons (Fsp3) is 1.00. The van der Waals surface area contributed by atoms with Crippen LogP contribution in [-0.2, 0) is 0 Å². The third-order valence-electron chi connectivity index (χ3n) is 3.53. The van der Waals surface area contributed by atoms with Crippen LogP contribution in [0.4, 0.5) is 0 Å². The van der Waals surface area contributed by atoms with Crippen molar-refractivity contribution in [3.63, 3.8) is 0 Å². The molecule has 70 valence electrons. The number of rotatable bonds is 1. The van der Waals surface area contributed by atoms with Crippen molar-refractivity contribution in [2.24, 2.45) is 11.8 Å². The van der Waals surface area contributed by atoms with Gasteiger partial charge in [0.05, 0.1) is 0 Å². The van der Waals surface area contributed by atoms with Crippen molar-refractivity contribution >= 4 is 0 Å². The van der Waals surface area contributed by atoms with Crippen LogP contribution >= 0.6 is 0 Å². The van der Waals surface area contributed by atoms with Crippen molar-refractivity contribution in [3.8, 4) is 0 Å². The second kappa shape index (κ2) is 3.35. The van der Waals surface area contributed by atoms with Crippen LogP contribution in [0.2, 0.25) is 0 Å². The molecule has 2 atom stereocenters. The lowest BCUT2D eigenvalue weighted by molar-refractivity contribution is 0.178. The SMILES string of the molecule is CCN1CC2CCN(C)CC2C1. The average molecular weight is 168 g/mol. The standard InChI is InChI=1S/C10H20N2/c1-3-12-7-9-4-5-11(2)6-10(9)8-12/h9-10H,3-8H2,1-2H3. The Hall–Kier alpha value is -0.0800. The molecule has 0 spiro atoms. The minimum Gasteiger partial charge on any atom is -0.306 e. The normalized spacial score (nSPS) is 38.5. The summed E-state index contributed by atoms with van der Waals surface area (Å²) in [5.41, 5.74) is 0. The molecule has 2 rings (SSSR count). The first-order valence-corrected chi connectivity index (χ1v) is 5.20. The molecule has 0 aliphatic carbocycles. The lowest BCUT2D eigenvalue weighted by Crippen LogP contribution is -2.37. The largest absolute Gasteiger partial charge is 0.306 e. The molecular formula is C10H20N2. The van der Waals surface area contributed by atoms with E-state index >= 15 is 0 Å². The Bertz CT molecular complexity index is 158. The number of piperidine rings is 1. The van der Waals surface area contributed by atoms with Crippen molar-refractivity contribution in [1.29, 1.82) is 0 Å². The number of nitrogens with zero attached hydrogens (tertiary/aromatic N) is 2. The van der Waals surface area contributed by atoms with Gasteiger partial charge in [-0.3, -0.25) is 0 Å². The van der Waals surface area contributed by atoms with Crippen molar-refractivity contribution in [1.82, 2.24) is 9.80 Å². The number of hydrogen-bond donors (Lipinski definition) is 0. The van der Waals surface area contributed by atoms with Crippen LogP contribution < -0.4 is 0 Å². The number of likely N-dealkylation sites (tertiary alicyclic amines) is 2. The minimum absolute atomic E-state index is 0.976. The van der Waals surface area contributed by atoms with Gasteiger partial charge in [0.15, 0.2) is 0 Å². The Kier molecular flexibility index (Phi) is 2.37. The first-order chi connectivity index (χ1) is 5.79. The summed E-state index contributed by atoms with van der Waals surface area (Å²) >= 11 is 0. The van der Waals surface area contributed by atoms with Crippen molar-refractivity contribution in [2.45, 2.75) is 13.3 Å². The first kappa shape index (κ1) is 8.52. The van der Waals surface area contributed by atoms with Gasteiger partial charge >= 0.3 is 0 Å². The van der Waals surface area contributed by atoms with E-state index in [1.165, 1.54) is 39.1 Å². The maximum Gasteiger partial charge on any atom is 0.00250 e. The Morgan fingerprint density at radius 1 is 1.17 bits per heavy atom. The second-order valence-corrected chi connectivity index (χ2v) is 4.42. The third kappa shape index (κ3) is 1.50. The number of hydrogen-bond acceptors (Lipinski definition) is 2. The molecule has 0 amide bonds. The Morgan fingerprint density at radius 3 is 2.67 bits per heavy atom. The maximum absolute atomic E-state index is 2.61. The van der Waals surface area contributed by atoms with Crippen LogP contribution in [0, 0.1) is 11.8 Å². The molecule has 2 aliphatic rings. The van der Waals surface area contributed by atoms with Gasteiger partial charge in [0.1, 0.15) is 0 Å². The summed E-state index contributed by atoms with van der Waals surface area (Å²) in [5, 5.41) is 0. The smallest absolute Gasteiger partial charge is 0.00250 e. The van der Waals surface area contributed by atoms with Gasteiger partial charge in [-0.2, -0.15) is 0 Å². The second-order valence-electron chi connectivity index (χ2n) is 4.42. The van der Waals surface area contributed by atoms with Gasteiger partial charge < -0.3 is 9.80 Å². The summed E-state index contributed by atoms with van der Waals surface area (Å²) in [7, 11) is 2.25. The van der Waals surface area contributed by atoms with Gasteiger partial charge in [-0.15, -0.1) is 0 Å². The van der Waals surface area contributed by atoms with Crippen LogP contribution in [0.5, 0.6) is 0 Å². The molecule has 0 N–H and O–H groups in total. The van der Waals surface area contributed by atoms with E-state index in [1.54, 1.807) is 0 Å². The molecule has 2 unspecified atom stereocenters. The van der Waals surface area contributed by atoms with E-state index in [0.717, 1.165) is 11.8 Å². The topological polar surface area (TPSA) is 6.48 Å². The van der Waals surface area contributed by atoms with Crippen LogP contribution in [0.15, 0.2) is 0 Å². The zero-order valence-corrected chi connectivity index (χ0v) is 8.29. The predicted octanol–water partition coefficient (Wildman–Crippen LogP) is 0.890. The molecule has 0 aromatic carbocycles. The van der Waals surface area contributed by atoms with Gasteiger partial charge in [-0.1, -0.05) is 6.92 Å². The first-order valence-electron chi connectivity index (χ1n) is 5.20. The summed E-state index contributed by atoms with van der Waals surface area (Å²) in [6.45, 7) is 8.90. The van der Waals surface area contributed by atoms with E-state index in [4.69, 9.17) is 0 Å².